The third-order valence-corrected chi connectivity index (χ3v) is 17.8. The molecule has 10 aromatic rings. The van der Waals surface area contributed by atoms with Crippen LogP contribution in [0.5, 0.6) is 5.75 Å². The van der Waals surface area contributed by atoms with Gasteiger partial charge in [-0.2, -0.15) is 0 Å². The first kappa shape index (κ1) is 48.5. The van der Waals surface area contributed by atoms with Crippen LogP contribution >= 0.6 is 0 Å². The quantitative estimate of drug-likeness (QED) is 0.133. The van der Waals surface area contributed by atoms with Crippen molar-refractivity contribution in [1.82, 2.24) is 9.55 Å². The average Bonchev–Trinajstić information content (AvgIpc) is 3.77. The highest BCUT2D eigenvalue weighted by Crippen LogP contribution is 2.45. The second-order valence-electron chi connectivity index (χ2n) is 20.9. The summed E-state index contributed by atoms with van der Waals surface area (Å²) in [6, 6.07) is 35.3. The number of hydrogen-bond donors (Lipinski definition) is 1. The number of aromatic hydroxyl groups is 1. The minimum absolute atomic E-state index is 0.348. The van der Waals surface area contributed by atoms with E-state index in [-0.39, 0.29) is 0 Å². The fourth-order valence-electron chi connectivity index (χ4n) is 12.2. The Kier molecular flexibility index (Phi) is 12.2. The molecule has 0 saturated carbocycles. The Balaban J connectivity index is 1.37. The van der Waals surface area contributed by atoms with Crippen LogP contribution in [0.1, 0.15) is 0 Å². The van der Waals surface area contributed by atoms with Crippen LogP contribution in [0.2, 0.25) is 0 Å². The fraction of sp³-hybridized carbons (Fsp3) is 0. The van der Waals surface area contributed by atoms with E-state index in [1.165, 1.54) is 115 Å². The van der Waals surface area contributed by atoms with E-state index in [1.807, 2.05) is 0 Å². The van der Waals surface area contributed by atoms with Gasteiger partial charge in [0.25, 0.3) is 0 Å². The Bertz CT molecular complexity index is 3740. The van der Waals surface area contributed by atoms with Gasteiger partial charge in [0.2, 0.25) is 0 Å². The summed E-state index contributed by atoms with van der Waals surface area (Å²) in [4.78, 5) is 5.17. The molecular weight excluding hydrogens is 840 g/mol. The predicted octanol–water partition coefficient (Wildman–Crippen LogP) is -16.2. The second kappa shape index (κ2) is 17.9. The van der Waals surface area contributed by atoms with Gasteiger partial charge in [-0.05, 0) is 97.6 Å². The molecule has 0 radical (unpaired) electrons. The Morgan fingerprint density at radius 3 is 1.15 bits per heavy atom. The summed E-state index contributed by atoms with van der Waals surface area (Å²) >= 11 is 0. The first-order chi connectivity index (χ1) is 33.8. The molecule has 0 fully saturated rings. The van der Waals surface area contributed by atoms with Crippen molar-refractivity contribution < 1.29 is 5.11 Å². The van der Waals surface area contributed by atoms with Gasteiger partial charge >= 0.3 is 0 Å². The molecule has 0 bridgehead atoms. The monoisotopic (exact) mass is 895 g/mol. The molecule has 3 nitrogen and oxygen atoms in total. The van der Waals surface area contributed by atoms with Crippen LogP contribution in [-0.4, -0.2) is 148 Å². The first-order valence-corrected chi connectivity index (χ1v) is 25.4. The predicted molar refractivity (Wildman–Crippen MR) is 364 cm³/mol. The van der Waals surface area contributed by atoms with Crippen molar-refractivity contribution in [3.05, 3.63) is 97.1 Å². The van der Waals surface area contributed by atoms with E-state index in [4.69, 9.17) is 4.98 Å². The lowest BCUT2D eigenvalue weighted by molar-refractivity contribution is 0.486. The summed E-state index contributed by atoms with van der Waals surface area (Å²) in [5.41, 5.74) is 35.2. The molecule has 1 N–H and O–H groups in total. The van der Waals surface area contributed by atoms with Crippen LogP contribution in [0.3, 0.4) is 0 Å². The Labute approximate surface area is 435 Å². The van der Waals surface area contributed by atoms with E-state index < -0.39 is 0 Å². The molecule has 9 aromatic carbocycles. The smallest absolute Gasteiger partial charge is 0.145 e. The van der Waals surface area contributed by atoms with E-state index in [0.717, 1.165) is 72.1 Å². The molecule has 0 unspecified atom stereocenters. The largest absolute Gasteiger partial charge is 0.508 e. The molecule has 10 rings (SSSR count). The minimum atomic E-state index is 0.348. The Morgan fingerprint density at radius 1 is 0.310 bits per heavy atom. The van der Waals surface area contributed by atoms with Gasteiger partial charge in [0.1, 0.15) is 145 Å². The summed E-state index contributed by atoms with van der Waals surface area (Å²) in [5.74, 6) is 1.26. The zero-order chi connectivity index (χ0) is 50.8. The minimum Gasteiger partial charge on any atom is -0.508 e. The van der Waals surface area contributed by atoms with Gasteiger partial charge in [-0.1, -0.05) is 104 Å². The highest BCUT2D eigenvalue weighted by atomic mass is 16.3. The number of imidazole rings is 1. The molecule has 20 heteroatoms. The van der Waals surface area contributed by atoms with Gasteiger partial charge in [-0.15, -0.1) is 43.7 Å². The molecule has 0 atom stereocenters. The number of para-hydroxylation sites is 2. The fourth-order valence-corrected chi connectivity index (χ4v) is 12.2. The summed E-state index contributed by atoms with van der Waals surface area (Å²) in [6.45, 7) is 0. The zero-order valence-electron chi connectivity index (χ0n) is 45.1. The second-order valence-corrected chi connectivity index (χ2v) is 20.9. The van der Waals surface area contributed by atoms with Gasteiger partial charge in [0, 0.05) is 22.2 Å². The maximum Gasteiger partial charge on any atom is 0.145 e. The van der Waals surface area contributed by atoms with Crippen LogP contribution in [0.4, 0.5) is 0 Å². The third kappa shape index (κ3) is 7.31. The number of hydrogen-bond acceptors (Lipinski definition) is 2. The van der Waals surface area contributed by atoms with Gasteiger partial charge in [0.15, 0.2) is 0 Å². The summed E-state index contributed by atoms with van der Waals surface area (Å²) < 4.78 is 2.28. The Hall–Kier alpha value is -6.13. The van der Waals surface area contributed by atoms with Crippen molar-refractivity contribution >= 4 is 259 Å². The van der Waals surface area contributed by atoms with E-state index in [2.05, 4.69) is 235 Å². The lowest BCUT2D eigenvalue weighted by Crippen LogP contribution is -2.55. The number of aromatic nitrogens is 2. The van der Waals surface area contributed by atoms with Crippen molar-refractivity contribution in [3.8, 4) is 67.3 Å². The van der Waals surface area contributed by atoms with Gasteiger partial charge in [-0.3, -0.25) is 4.57 Å². The van der Waals surface area contributed by atoms with E-state index in [9.17, 15) is 5.11 Å². The van der Waals surface area contributed by atoms with Crippen molar-refractivity contribution in [2.75, 3.05) is 0 Å². The standard InChI is InChI=1S/C51H51B17N2O/c52-33-27(34(53)41(60)47(66)40(33)59)20-14-19(15-21(16-20)28-35(54)42(61)48(67)43(62)36(28)55)26-30-29(37(56)44(63)45(64)38(30)57)25(31-32(26)50(71)49(68)46(65)39(31)58)17-10-12-22(13-11-17)70-24-9-5-4-8-23(24)69-51(70)18-6-2-1-3-7-18/h1-16,71H,52-68H2. The molecule has 1 aromatic heterocycles. The normalized spacial score (nSPS) is 11.5. The van der Waals surface area contributed by atoms with E-state index >= 15 is 0 Å². The SMILES string of the molecule is Bc1c(B)c(B)c(-c2cc(-c3c(B)c(B)c(B)c(B)c3B)cc(-c3c4c(B)c(B)c(B)c(B)c4c(-c4ccc(-n5c(-c6ccccc6)nc6ccccc65)cc4)c4c(B)c(B)c(B)c(O)c34)c2)c(B)c1B. The highest BCUT2D eigenvalue weighted by Gasteiger charge is 2.28. The number of phenolic OH excluding ortho intramolecular Hbond substituents is 1. The van der Waals surface area contributed by atoms with Crippen molar-refractivity contribution in [1.29, 1.82) is 0 Å². The maximum atomic E-state index is 13.1. The highest BCUT2D eigenvalue weighted by molar-refractivity contribution is 6.72. The van der Waals surface area contributed by atoms with Crippen LogP contribution in [-0.2, 0) is 0 Å². The molecular formula is C51H51B17N2O. The number of benzene rings is 9. The molecule has 322 valence electrons. The average molecular weight is 892 g/mol. The van der Waals surface area contributed by atoms with Crippen molar-refractivity contribution in [2.45, 2.75) is 0 Å². The molecule has 0 aliphatic rings. The molecule has 0 spiro atoms. The summed E-state index contributed by atoms with van der Waals surface area (Å²) in [5, 5.41) is 17.5. The zero-order valence-corrected chi connectivity index (χ0v) is 45.1. The molecule has 1 heterocycles. The lowest BCUT2D eigenvalue weighted by atomic mass is 9.58. The Morgan fingerprint density at radius 2 is 0.676 bits per heavy atom. The maximum absolute atomic E-state index is 13.1. The molecule has 0 aliphatic carbocycles. The van der Waals surface area contributed by atoms with Crippen LogP contribution in [0.25, 0.3) is 94.2 Å². The summed E-state index contributed by atoms with van der Waals surface area (Å²) in [6.07, 6.45) is 0. The topological polar surface area (TPSA) is 38.0 Å². The van der Waals surface area contributed by atoms with Crippen molar-refractivity contribution in [3.63, 3.8) is 0 Å². The molecule has 0 saturated heterocycles. The van der Waals surface area contributed by atoms with Gasteiger partial charge in [-0.25, -0.2) is 4.98 Å². The number of nitrogens with zero attached hydrogens (tertiary/aromatic N) is 2. The molecule has 0 amide bonds. The van der Waals surface area contributed by atoms with Crippen molar-refractivity contribution in [2.24, 2.45) is 0 Å². The third-order valence-electron chi connectivity index (χ3n) is 17.8. The van der Waals surface area contributed by atoms with Crippen LogP contribution in [0, 0.1) is 0 Å². The van der Waals surface area contributed by atoms with Gasteiger partial charge < -0.3 is 5.11 Å². The van der Waals surface area contributed by atoms with Crippen LogP contribution < -0.4 is 92.9 Å². The number of rotatable bonds is 6. The number of phenols is 1. The lowest BCUT2D eigenvalue weighted by Gasteiger charge is -2.28. The number of fused-ring (bicyclic) bond motifs is 3. The summed E-state index contributed by atoms with van der Waals surface area (Å²) in [7, 11) is 38.6. The van der Waals surface area contributed by atoms with Gasteiger partial charge in [0.05, 0.1) is 11.0 Å². The first-order valence-electron chi connectivity index (χ1n) is 25.4. The van der Waals surface area contributed by atoms with Crippen LogP contribution in [0.15, 0.2) is 97.1 Å². The molecule has 71 heavy (non-hydrogen) atoms. The molecule has 0 aliphatic heterocycles. The van der Waals surface area contributed by atoms with E-state index in [0.29, 0.717) is 5.75 Å². The van der Waals surface area contributed by atoms with E-state index in [1.54, 1.807) is 0 Å².